The number of nitrogens with one attached hydrogen (secondary N) is 2. The summed E-state index contributed by atoms with van der Waals surface area (Å²) >= 11 is 0. The first-order valence-corrected chi connectivity index (χ1v) is 8.02. The van der Waals surface area contributed by atoms with E-state index in [9.17, 15) is 8.42 Å². The molecule has 0 amide bonds. The third kappa shape index (κ3) is 4.81. The SMILES string of the molecule is CCNS(=O)(=O)c1ccccc1NCC(C)CCN. The molecule has 0 aliphatic heterocycles. The second-order valence-corrected chi connectivity index (χ2v) is 6.30. The Morgan fingerprint density at radius 1 is 1.32 bits per heavy atom. The molecule has 4 N–H and O–H groups in total. The second-order valence-electron chi connectivity index (χ2n) is 4.56. The lowest BCUT2D eigenvalue weighted by molar-refractivity contribution is 0.566. The van der Waals surface area contributed by atoms with Gasteiger partial charge in [-0.05, 0) is 31.0 Å². The average Bonchev–Trinajstić information content (AvgIpc) is 2.37. The largest absolute Gasteiger partial charge is 0.384 e. The fraction of sp³-hybridized carbons (Fsp3) is 0.538. The van der Waals surface area contributed by atoms with Gasteiger partial charge in [0.1, 0.15) is 4.90 Å². The molecule has 0 radical (unpaired) electrons. The molecule has 1 unspecified atom stereocenters. The van der Waals surface area contributed by atoms with Gasteiger partial charge in [0.05, 0.1) is 5.69 Å². The molecule has 0 aromatic heterocycles. The summed E-state index contributed by atoms with van der Waals surface area (Å²) in [4.78, 5) is 0.289. The number of sulfonamides is 1. The topological polar surface area (TPSA) is 84.2 Å². The van der Waals surface area contributed by atoms with E-state index in [4.69, 9.17) is 5.73 Å². The number of benzene rings is 1. The van der Waals surface area contributed by atoms with Crippen LogP contribution >= 0.6 is 0 Å². The number of anilines is 1. The smallest absolute Gasteiger partial charge is 0.242 e. The van der Waals surface area contributed by atoms with Crippen molar-refractivity contribution in [3.63, 3.8) is 0 Å². The predicted octanol–water partition coefficient (Wildman–Crippen LogP) is 1.38. The summed E-state index contributed by atoms with van der Waals surface area (Å²) in [6, 6.07) is 6.92. The van der Waals surface area contributed by atoms with Crippen LogP contribution < -0.4 is 15.8 Å². The first kappa shape index (κ1) is 15.9. The van der Waals surface area contributed by atoms with Crippen LogP contribution in [-0.4, -0.2) is 28.1 Å². The van der Waals surface area contributed by atoms with Gasteiger partial charge in [0.15, 0.2) is 0 Å². The highest BCUT2D eigenvalue weighted by Gasteiger charge is 2.17. The van der Waals surface area contributed by atoms with Crippen LogP contribution in [0.2, 0.25) is 0 Å². The van der Waals surface area contributed by atoms with Gasteiger partial charge in [0, 0.05) is 13.1 Å². The Morgan fingerprint density at radius 3 is 2.63 bits per heavy atom. The number of para-hydroxylation sites is 1. The first-order chi connectivity index (χ1) is 9.01. The van der Waals surface area contributed by atoms with Crippen LogP contribution in [0.15, 0.2) is 29.2 Å². The Bertz CT molecular complexity index is 488. The first-order valence-electron chi connectivity index (χ1n) is 6.54. The van der Waals surface area contributed by atoms with Gasteiger partial charge < -0.3 is 11.1 Å². The van der Waals surface area contributed by atoms with Crippen LogP contribution in [0.4, 0.5) is 5.69 Å². The molecule has 0 spiro atoms. The van der Waals surface area contributed by atoms with Crippen molar-refractivity contribution in [1.82, 2.24) is 4.72 Å². The Morgan fingerprint density at radius 2 is 2.00 bits per heavy atom. The highest BCUT2D eigenvalue weighted by molar-refractivity contribution is 7.89. The van der Waals surface area contributed by atoms with Gasteiger partial charge in [-0.3, -0.25) is 0 Å². The molecule has 0 aliphatic rings. The van der Waals surface area contributed by atoms with Crippen molar-refractivity contribution in [3.8, 4) is 0 Å². The molecule has 0 saturated heterocycles. The minimum atomic E-state index is -3.44. The minimum Gasteiger partial charge on any atom is -0.384 e. The number of hydrogen-bond acceptors (Lipinski definition) is 4. The standard InChI is InChI=1S/C13H23N3O2S/c1-3-16-19(17,18)13-7-5-4-6-12(13)15-10-11(2)8-9-14/h4-7,11,15-16H,3,8-10,14H2,1-2H3. The fourth-order valence-electron chi connectivity index (χ4n) is 1.79. The average molecular weight is 285 g/mol. The fourth-order valence-corrected chi connectivity index (χ4v) is 3.01. The maximum absolute atomic E-state index is 12.1. The Balaban J connectivity index is 2.85. The lowest BCUT2D eigenvalue weighted by atomic mass is 10.1. The van der Waals surface area contributed by atoms with Gasteiger partial charge in [0.25, 0.3) is 0 Å². The molecule has 0 fully saturated rings. The van der Waals surface area contributed by atoms with Crippen LogP contribution in [0.5, 0.6) is 0 Å². The van der Waals surface area contributed by atoms with Crippen LogP contribution in [0.3, 0.4) is 0 Å². The summed E-state index contributed by atoms with van der Waals surface area (Å²) in [5.41, 5.74) is 6.14. The summed E-state index contributed by atoms with van der Waals surface area (Å²) in [6.07, 6.45) is 0.912. The van der Waals surface area contributed by atoms with Gasteiger partial charge in [-0.15, -0.1) is 0 Å². The molecule has 1 aromatic rings. The normalized spacial score (nSPS) is 13.2. The molecule has 19 heavy (non-hydrogen) atoms. The van der Waals surface area contributed by atoms with E-state index in [-0.39, 0.29) is 4.90 Å². The Kier molecular flexibility index (Phi) is 6.27. The minimum absolute atomic E-state index is 0.289. The van der Waals surface area contributed by atoms with Gasteiger partial charge in [-0.25, -0.2) is 13.1 Å². The highest BCUT2D eigenvalue weighted by Crippen LogP contribution is 2.21. The van der Waals surface area contributed by atoms with Crippen molar-refractivity contribution in [1.29, 1.82) is 0 Å². The van der Waals surface area contributed by atoms with E-state index in [1.807, 2.05) is 6.07 Å². The summed E-state index contributed by atoms with van der Waals surface area (Å²) in [5.74, 6) is 0.403. The third-order valence-electron chi connectivity index (χ3n) is 2.81. The Hall–Kier alpha value is -1.11. The lowest BCUT2D eigenvalue weighted by Gasteiger charge is -2.15. The van der Waals surface area contributed by atoms with Crippen molar-refractivity contribution < 1.29 is 8.42 Å². The molecule has 5 nitrogen and oxygen atoms in total. The van der Waals surface area contributed by atoms with Crippen molar-refractivity contribution in [3.05, 3.63) is 24.3 Å². The maximum Gasteiger partial charge on any atom is 0.242 e. The molecule has 108 valence electrons. The molecule has 0 saturated carbocycles. The molecule has 0 aliphatic carbocycles. The van der Waals surface area contributed by atoms with E-state index in [0.717, 1.165) is 6.42 Å². The number of hydrogen-bond donors (Lipinski definition) is 3. The molecule has 1 rings (SSSR count). The molecule has 0 bridgehead atoms. The summed E-state index contributed by atoms with van der Waals surface area (Å²) < 4.78 is 26.6. The number of rotatable bonds is 8. The molecular formula is C13H23N3O2S. The maximum atomic E-state index is 12.1. The summed E-state index contributed by atoms with van der Waals surface area (Å²) in [7, 11) is -3.44. The summed E-state index contributed by atoms with van der Waals surface area (Å²) in [5, 5.41) is 3.19. The van der Waals surface area contributed by atoms with Gasteiger partial charge in [-0.1, -0.05) is 26.0 Å². The van der Waals surface area contributed by atoms with Crippen LogP contribution in [-0.2, 0) is 10.0 Å². The van der Waals surface area contributed by atoms with E-state index in [1.165, 1.54) is 0 Å². The zero-order chi connectivity index (χ0) is 14.3. The van der Waals surface area contributed by atoms with E-state index >= 15 is 0 Å². The quantitative estimate of drug-likeness (QED) is 0.674. The zero-order valence-electron chi connectivity index (χ0n) is 11.5. The molecule has 0 heterocycles. The van der Waals surface area contributed by atoms with Crippen LogP contribution in [0, 0.1) is 5.92 Å². The van der Waals surface area contributed by atoms with Crippen molar-refractivity contribution in [2.45, 2.75) is 25.2 Å². The third-order valence-corrected chi connectivity index (χ3v) is 4.42. The summed E-state index contributed by atoms with van der Waals surface area (Å²) in [6.45, 7) is 5.56. The van der Waals surface area contributed by atoms with Gasteiger partial charge >= 0.3 is 0 Å². The van der Waals surface area contributed by atoms with E-state index < -0.39 is 10.0 Å². The van der Waals surface area contributed by atoms with E-state index in [1.54, 1.807) is 25.1 Å². The highest BCUT2D eigenvalue weighted by atomic mass is 32.2. The predicted molar refractivity (Wildman–Crippen MR) is 78.6 cm³/mol. The molecule has 1 atom stereocenters. The van der Waals surface area contributed by atoms with E-state index in [2.05, 4.69) is 17.0 Å². The lowest BCUT2D eigenvalue weighted by Crippen LogP contribution is -2.25. The van der Waals surface area contributed by atoms with Gasteiger partial charge in [0.2, 0.25) is 10.0 Å². The van der Waals surface area contributed by atoms with Crippen molar-refractivity contribution in [2.24, 2.45) is 11.7 Å². The number of nitrogens with two attached hydrogens (primary N) is 1. The molecule has 1 aromatic carbocycles. The Labute approximate surface area is 115 Å². The molecular weight excluding hydrogens is 262 g/mol. The van der Waals surface area contributed by atoms with Gasteiger partial charge in [-0.2, -0.15) is 0 Å². The molecule has 6 heteroatoms. The van der Waals surface area contributed by atoms with E-state index in [0.29, 0.717) is 31.2 Å². The van der Waals surface area contributed by atoms with Crippen molar-refractivity contribution >= 4 is 15.7 Å². The van der Waals surface area contributed by atoms with Crippen molar-refractivity contribution in [2.75, 3.05) is 25.0 Å². The van der Waals surface area contributed by atoms with Crippen LogP contribution in [0.25, 0.3) is 0 Å². The van der Waals surface area contributed by atoms with Crippen LogP contribution in [0.1, 0.15) is 20.3 Å². The second kappa shape index (κ2) is 7.47. The monoisotopic (exact) mass is 285 g/mol. The zero-order valence-corrected chi connectivity index (χ0v) is 12.3.